The molecule has 0 aliphatic carbocycles. The molecule has 8 heteroatoms. The first-order chi connectivity index (χ1) is 8.90. The van der Waals surface area contributed by atoms with Crippen LogP contribution in [0.2, 0.25) is 0 Å². The lowest BCUT2D eigenvalue weighted by molar-refractivity contribution is -0.129. The molecule has 1 N–H and O–H groups in total. The molecule has 102 valence electrons. The number of anilines is 1. The molecule has 0 radical (unpaired) electrons. The summed E-state index contributed by atoms with van der Waals surface area (Å²) in [5.74, 6) is -1.61. The Kier molecular flexibility index (Phi) is 3.52. The number of rotatable bonds is 3. The second-order valence-electron chi connectivity index (χ2n) is 4.27. The molecule has 19 heavy (non-hydrogen) atoms. The van der Waals surface area contributed by atoms with Crippen LogP contribution in [0.3, 0.4) is 0 Å². The number of carbonyl (C=O) groups excluding carboxylic acids is 2. The number of carboxylic acids is 1. The fourth-order valence-corrected chi connectivity index (χ4v) is 2.73. The van der Waals surface area contributed by atoms with Gasteiger partial charge in [0.05, 0.1) is 6.54 Å². The highest BCUT2D eigenvalue weighted by molar-refractivity contribution is 7.17. The summed E-state index contributed by atoms with van der Waals surface area (Å²) in [6, 6.07) is 0. The summed E-state index contributed by atoms with van der Waals surface area (Å²) in [5, 5.41) is 9.43. The van der Waals surface area contributed by atoms with Gasteiger partial charge in [-0.25, -0.2) is 9.78 Å². The number of carboxylic acid groups (broad SMARTS) is 1. The van der Waals surface area contributed by atoms with Crippen LogP contribution in [0, 0.1) is 0 Å². The van der Waals surface area contributed by atoms with Crippen molar-refractivity contribution in [1.82, 2.24) is 9.88 Å². The lowest BCUT2D eigenvalue weighted by atomic mass is 10.3. The van der Waals surface area contributed by atoms with E-state index in [1.165, 1.54) is 6.92 Å². The van der Waals surface area contributed by atoms with Crippen molar-refractivity contribution in [1.29, 1.82) is 0 Å². The van der Waals surface area contributed by atoms with E-state index in [9.17, 15) is 14.4 Å². The highest BCUT2D eigenvalue weighted by atomic mass is 32.1. The molecule has 1 aliphatic rings. The lowest BCUT2D eigenvalue weighted by Crippen LogP contribution is -2.48. The van der Waals surface area contributed by atoms with E-state index < -0.39 is 5.97 Å². The molecule has 1 aromatic rings. The van der Waals surface area contributed by atoms with Gasteiger partial charge in [-0.15, -0.1) is 0 Å². The SMILES string of the molecule is CC(=O)c1sc(N2CCN(C)C(=O)C2)nc1C(=O)O. The molecule has 0 spiro atoms. The first-order valence-corrected chi connectivity index (χ1v) is 6.45. The van der Waals surface area contributed by atoms with Gasteiger partial charge in [-0.2, -0.15) is 0 Å². The molecular weight excluding hydrogens is 270 g/mol. The van der Waals surface area contributed by atoms with Crippen molar-refractivity contribution in [3.05, 3.63) is 10.6 Å². The fourth-order valence-electron chi connectivity index (χ4n) is 1.75. The molecule has 1 aliphatic heterocycles. The number of piperazine rings is 1. The third-order valence-electron chi connectivity index (χ3n) is 2.87. The predicted molar refractivity (Wildman–Crippen MR) is 68.9 cm³/mol. The summed E-state index contributed by atoms with van der Waals surface area (Å²) in [6.45, 7) is 2.58. The van der Waals surface area contributed by atoms with Gasteiger partial charge < -0.3 is 14.9 Å². The van der Waals surface area contributed by atoms with Crippen molar-refractivity contribution in [3.8, 4) is 0 Å². The molecule has 1 aromatic heterocycles. The summed E-state index contributed by atoms with van der Waals surface area (Å²) in [7, 11) is 1.71. The Labute approximate surface area is 113 Å². The Bertz CT molecular complexity index is 523. The average Bonchev–Trinajstić information content (AvgIpc) is 2.78. The number of nitrogens with zero attached hydrogens (tertiary/aromatic N) is 3. The van der Waals surface area contributed by atoms with Gasteiger partial charge in [-0.1, -0.05) is 11.3 Å². The largest absolute Gasteiger partial charge is 0.476 e. The van der Waals surface area contributed by atoms with E-state index in [2.05, 4.69) is 4.98 Å². The van der Waals surface area contributed by atoms with Gasteiger partial charge in [-0.3, -0.25) is 9.59 Å². The molecule has 0 bridgehead atoms. The van der Waals surface area contributed by atoms with Crippen molar-refractivity contribution >= 4 is 34.1 Å². The zero-order chi connectivity index (χ0) is 14.2. The van der Waals surface area contributed by atoms with E-state index in [0.29, 0.717) is 18.2 Å². The maximum Gasteiger partial charge on any atom is 0.356 e. The molecule has 1 saturated heterocycles. The van der Waals surface area contributed by atoms with Gasteiger partial charge >= 0.3 is 5.97 Å². The van der Waals surface area contributed by atoms with E-state index in [1.807, 2.05) is 0 Å². The second kappa shape index (κ2) is 4.96. The minimum Gasteiger partial charge on any atom is -0.476 e. The van der Waals surface area contributed by atoms with Crippen LogP contribution in [0.1, 0.15) is 27.1 Å². The Balaban J connectivity index is 2.31. The Morgan fingerprint density at radius 2 is 2.05 bits per heavy atom. The van der Waals surface area contributed by atoms with Crippen molar-refractivity contribution < 1.29 is 19.5 Å². The number of aromatic carboxylic acids is 1. The number of Topliss-reactive ketones (excluding diaryl/α,β-unsaturated/α-hetero) is 1. The van der Waals surface area contributed by atoms with Crippen molar-refractivity contribution in [2.75, 3.05) is 31.6 Å². The Hall–Kier alpha value is -1.96. The highest BCUT2D eigenvalue weighted by Gasteiger charge is 2.27. The summed E-state index contributed by atoms with van der Waals surface area (Å²) in [5.41, 5.74) is -0.237. The van der Waals surface area contributed by atoms with Gasteiger partial charge in [0.2, 0.25) is 5.91 Å². The maximum atomic E-state index is 11.6. The van der Waals surface area contributed by atoms with Gasteiger partial charge in [0.25, 0.3) is 0 Å². The quantitative estimate of drug-likeness (QED) is 0.803. The van der Waals surface area contributed by atoms with E-state index in [0.717, 1.165) is 11.3 Å². The number of hydrogen-bond donors (Lipinski definition) is 1. The Morgan fingerprint density at radius 1 is 1.37 bits per heavy atom. The van der Waals surface area contributed by atoms with Crippen molar-refractivity contribution in [2.24, 2.45) is 0 Å². The van der Waals surface area contributed by atoms with Crippen LogP contribution in [0.4, 0.5) is 5.13 Å². The first-order valence-electron chi connectivity index (χ1n) is 5.64. The minimum absolute atomic E-state index is 0.0531. The Morgan fingerprint density at radius 3 is 2.53 bits per heavy atom. The topological polar surface area (TPSA) is 90.8 Å². The molecule has 1 amide bonds. The number of likely N-dealkylation sites (N-methyl/N-ethyl adjacent to an activating group) is 1. The first kappa shape index (κ1) is 13.5. The van der Waals surface area contributed by atoms with Crippen LogP contribution in [0.15, 0.2) is 0 Å². The maximum absolute atomic E-state index is 11.6. The van der Waals surface area contributed by atoms with Crippen LogP contribution < -0.4 is 4.90 Å². The van der Waals surface area contributed by atoms with E-state index in [4.69, 9.17) is 5.11 Å². The number of hydrogen-bond acceptors (Lipinski definition) is 6. The molecule has 7 nitrogen and oxygen atoms in total. The molecule has 2 heterocycles. The molecule has 0 saturated carbocycles. The number of amides is 1. The standard InChI is InChI=1S/C11H13N3O4S/c1-6(15)9-8(10(17)18)12-11(19-9)14-4-3-13(2)7(16)5-14/h3-5H2,1-2H3,(H,17,18). The summed E-state index contributed by atoms with van der Waals surface area (Å²) < 4.78 is 0. The van der Waals surface area contributed by atoms with E-state index in [-0.39, 0.29) is 28.8 Å². The number of carbonyl (C=O) groups is 3. The molecular formula is C11H13N3O4S. The van der Waals surface area contributed by atoms with Gasteiger partial charge in [0.15, 0.2) is 16.6 Å². The molecule has 0 atom stereocenters. The van der Waals surface area contributed by atoms with E-state index in [1.54, 1.807) is 16.8 Å². The molecule has 0 unspecified atom stereocenters. The molecule has 0 aromatic carbocycles. The predicted octanol–water partition coefficient (Wildman–Crippen LogP) is 0.322. The third kappa shape index (κ3) is 2.58. The van der Waals surface area contributed by atoms with Crippen molar-refractivity contribution in [2.45, 2.75) is 6.92 Å². The second-order valence-corrected chi connectivity index (χ2v) is 5.25. The summed E-state index contributed by atoms with van der Waals surface area (Å²) >= 11 is 1.02. The van der Waals surface area contributed by atoms with Crippen LogP contribution in [0.5, 0.6) is 0 Å². The van der Waals surface area contributed by atoms with Crippen LogP contribution >= 0.6 is 11.3 Å². The minimum atomic E-state index is -1.23. The smallest absolute Gasteiger partial charge is 0.356 e. The van der Waals surface area contributed by atoms with Gasteiger partial charge in [0.1, 0.15) is 4.88 Å². The van der Waals surface area contributed by atoms with Crippen molar-refractivity contribution in [3.63, 3.8) is 0 Å². The number of thiazole rings is 1. The monoisotopic (exact) mass is 283 g/mol. The van der Waals surface area contributed by atoms with E-state index >= 15 is 0 Å². The normalized spacial score (nSPS) is 15.8. The van der Waals surface area contributed by atoms with Crippen LogP contribution in [0.25, 0.3) is 0 Å². The van der Waals surface area contributed by atoms with Gasteiger partial charge in [0, 0.05) is 27.1 Å². The van der Waals surface area contributed by atoms with Gasteiger partial charge in [-0.05, 0) is 0 Å². The lowest BCUT2D eigenvalue weighted by Gasteiger charge is -2.31. The average molecular weight is 283 g/mol. The number of ketones is 1. The van der Waals surface area contributed by atoms with Crippen LogP contribution in [-0.2, 0) is 4.79 Å². The number of aromatic nitrogens is 1. The third-order valence-corrected chi connectivity index (χ3v) is 4.08. The summed E-state index contributed by atoms with van der Waals surface area (Å²) in [4.78, 5) is 41.4. The molecule has 2 rings (SSSR count). The highest BCUT2D eigenvalue weighted by Crippen LogP contribution is 2.27. The zero-order valence-corrected chi connectivity index (χ0v) is 11.4. The van der Waals surface area contributed by atoms with Crippen LogP contribution in [-0.4, -0.2) is 59.3 Å². The fraction of sp³-hybridized carbons (Fsp3) is 0.455. The molecule has 1 fully saturated rings. The zero-order valence-electron chi connectivity index (χ0n) is 10.5. The summed E-state index contributed by atoms with van der Waals surface area (Å²) in [6.07, 6.45) is 0.